The first-order valence-electron chi connectivity index (χ1n) is 4.02. The fourth-order valence-electron chi connectivity index (χ4n) is 0.676. The molecule has 0 aromatic heterocycles. The summed E-state index contributed by atoms with van der Waals surface area (Å²) in [6.07, 6.45) is 7.88. The Hall–Kier alpha value is 0.0300. The highest BCUT2D eigenvalue weighted by molar-refractivity contribution is 6.17. The van der Waals surface area contributed by atoms with Crippen LogP contribution in [-0.2, 0) is 0 Å². The standard InChI is InChI=1S/C9H17Cl/c1-3-9(2)7-5-4-6-8-10/h4-5,9H,3,6-8H2,1-2H3. The Kier molecular flexibility index (Phi) is 7.16. The minimum atomic E-state index is 0.747. The Balaban J connectivity index is 3.16. The zero-order chi connectivity index (χ0) is 7.82. The van der Waals surface area contributed by atoms with Crippen LogP contribution >= 0.6 is 11.6 Å². The second-order valence-corrected chi connectivity index (χ2v) is 3.08. The third kappa shape index (κ3) is 6.15. The second kappa shape index (κ2) is 7.14. The molecule has 0 nitrogen and oxygen atoms in total. The van der Waals surface area contributed by atoms with Gasteiger partial charge in [0.15, 0.2) is 0 Å². The molecule has 0 spiro atoms. The van der Waals surface area contributed by atoms with Crippen molar-refractivity contribution in [3.8, 4) is 0 Å². The van der Waals surface area contributed by atoms with Crippen LogP contribution in [0.25, 0.3) is 0 Å². The van der Waals surface area contributed by atoms with E-state index in [1.54, 1.807) is 0 Å². The van der Waals surface area contributed by atoms with Crippen molar-refractivity contribution in [3.63, 3.8) is 0 Å². The van der Waals surface area contributed by atoms with Crippen molar-refractivity contribution in [3.05, 3.63) is 12.2 Å². The lowest BCUT2D eigenvalue weighted by atomic mass is 10.1. The molecular formula is C9H17Cl. The first kappa shape index (κ1) is 10.0. The van der Waals surface area contributed by atoms with Crippen molar-refractivity contribution in [2.45, 2.75) is 33.1 Å². The highest BCUT2D eigenvalue weighted by Gasteiger charge is 1.92. The summed E-state index contributed by atoms with van der Waals surface area (Å²) in [6.45, 7) is 4.49. The Bertz CT molecular complexity index is 86.7. The Labute approximate surface area is 69.3 Å². The molecule has 0 heterocycles. The van der Waals surface area contributed by atoms with E-state index in [0.29, 0.717) is 0 Å². The average Bonchev–Trinajstić information content (AvgIpc) is 1.98. The van der Waals surface area contributed by atoms with E-state index in [1.165, 1.54) is 12.8 Å². The fraction of sp³-hybridized carbons (Fsp3) is 0.778. The first-order chi connectivity index (χ1) is 4.81. The molecule has 0 amide bonds. The van der Waals surface area contributed by atoms with Gasteiger partial charge in [0.25, 0.3) is 0 Å². The molecule has 0 saturated heterocycles. The van der Waals surface area contributed by atoms with Crippen LogP contribution in [0.4, 0.5) is 0 Å². The van der Waals surface area contributed by atoms with Gasteiger partial charge in [-0.15, -0.1) is 11.6 Å². The molecule has 0 aliphatic carbocycles. The van der Waals surface area contributed by atoms with Gasteiger partial charge in [0, 0.05) is 5.88 Å². The van der Waals surface area contributed by atoms with Gasteiger partial charge in [0.2, 0.25) is 0 Å². The summed E-state index contributed by atoms with van der Waals surface area (Å²) >= 11 is 5.50. The van der Waals surface area contributed by atoms with Gasteiger partial charge in [0.05, 0.1) is 0 Å². The van der Waals surface area contributed by atoms with E-state index in [-0.39, 0.29) is 0 Å². The highest BCUT2D eigenvalue weighted by Crippen LogP contribution is 2.06. The van der Waals surface area contributed by atoms with Crippen LogP contribution in [0, 0.1) is 5.92 Å². The summed E-state index contributed by atoms with van der Waals surface area (Å²) < 4.78 is 0. The SMILES string of the molecule is CCC(C)CC=CCCCl. The third-order valence-electron chi connectivity index (χ3n) is 1.68. The van der Waals surface area contributed by atoms with E-state index in [4.69, 9.17) is 11.6 Å². The quantitative estimate of drug-likeness (QED) is 0.426. The second-order valence-electron chi connectivity index (χ2n) is 2.70. The van der Waals surface area contributed by atoms with E-state index in [2.05, 4.69) is 26.0 Å². The van der Waals surface area contributed by atoms with E-state index in [0.717, 1.165) is 18.2 Å². The van der Waals surface area contributed by atoms with E-state index in [1.807, 2.05) is 0 Å². The van der Waals surface area contributed by atoms with E-state index < -0.39 is 0 Å². The smallest absolute Gasteiger partial charge is 0.0257 e. The number of alkyl halides is 1. The summed E-state index contributed by atoms with van der Waals surface area (Å²) in [5.41, 5.74) is 0. The van der Waals surface area contributed by atoms with Gasteiger partial charge >= 0.3 is 0 Å². The van der Waals surface area contributed by atoms with E-state index in [9.17, 15) is 0 Å². The molecule has 0 radical (unpaired) electrons. The monoisotopic (exact) mass is 160 g/mol. The summed E-state index contributed by atoms with van der Waals surface area (Å²) in [5, 5.41) is 0. The van der Waals surface area contributed by atoms with Gasteiger partial charge in [-0.1, -0.05) is 32.4 Å². The zero-order valence-electron chi connectivity index (χ0n) is 6.94. The van der Waals surface area contributed by atoms with Crippen molar-refractivity contribution >= 4 is 11.6 Å². The topological polar surface area (TPSA) is 0 Å². The van der Waals surface area contributed by atoms with Crippen LogP contribution in [0.2, 0.25) is 0 Å². The molecule has 1 heteroatoms. The predicted molar refractivity (Wildman–Crippen MR) is 48.5 cm³/mol. The van der Waals surface area contributed by atoms with Gasteiger partial charge in [-0.3, -0.25) is 0 Å². The number of halogens is 1. The summed E-state index contributed by atoms with van der Waals surface area (Å²) in [7, 11) is 0. The summed E-state index contributed by atoms with van der Waals surface area (Å²) in [4.78, 5) is 0. The summed E-state index contributed by atoms with van der Waals surface area (Å²) in [5.74, 6) is 1.57. The number of hydrogen-bond acceptors (Lipinski definition) is 0. The minimum absolute atomic E-state index is 0.747. The molecule has 60 valence electrons. The van der Waals surface area contributed by atoms with Gasteiger partial charge in [-0.25, -0.2) is 0 Å². The first-order valence-corrected chi connectivity index (χ1v) is 4.55. The summed E-state index contributed by atoms with van der Waals surface area (Å²) in [6, 6.07) is 0. The molecule has 0 fully saturated rings. The number of hydrogen-bond donors (Lipinski definition) is 0. The van der Waals surface area contributed by atoms with E-state index >= 15 is 0 Å². The van der Waals surface area contributed by atoms with Crippen molar-refractivity contribution < 1.29 is 0 Å². The van der Waals surface area contributed by atoms with Crippen LogP contribution in [-0.4, -0.2) is 5.88 Å². The normalized spacial score (nSPS) is 14.3. The maximum Gasteiger partial charge on any atom is 0.0257 e. The molecular weight excluding hydrogens is 144 g/mol. The predicted octanol–water partition coefficient (Wildman–Crippen LogP) is 3.61. The zero-order valence-corrected chi connectivity index (χ0v) is 7.69. The molecule has 0 N–H and O–H groups in total. The third-order valence-corrected chi connectivity index (χ3v) is 1.90. The Morgan fingerprint density at radius 1 is 1.40 bits per heavy atom. The van der Waals surface area contributed by atoms with Crippen LogP contribution in [0.1, 0.15) is 33.1 Å². The average molecular weight is 161 g/mol. The van der Waals surface area contributed by atoms with Crippen molar-refractivity contribution in [1.82, 2.24) is 0 Å². The van der Waals surface area contributed by atoms with Gasteiger partial charge in [-0.2, -0.15) is 0 Å². The molecule has 0 saturated carbocycles. The van der Waals surface area contributed by atoms with Gasteiger partial charge in [0.1, 0.15) is 0 Å². The Morgan fingerprint density at radius 3 is 2.60 bits per heavy atom. The van der Waals surface area contributed by atoms with Crippen LogP contribution in [0.3, 0.4) is 0 Å². The lowest BCUT2D eigenvalue weighted by Crippen LogP contribution is -1.87. The lowest BCUT2D eigenvalue weighted by molar-refractivity contribution is 0.571. The molecule has 0 aromatic carbocycles. The largest absolute Gasteiger partial charge is 0.126 e. The molecule has 0 bridgehead atoms. The van der Waals surface area contributed by atoms with Gasteiger partial charge in [-0.05, 0) is 18.8 Å². The fourth-order valence-corrected chi connectivity index (χ4v) is 0.802. The molecule has 0 aromatic rings. The van der Waals surface area contributed by atoms with Crippen molar-refractivity contribution in [2.24, 2.45) is 5.92 Å². The Morgan fingerprint density at radius 2 is 2.10 bits per heavy atom. The molecule has 1 unspecified atom stereocenters. The number of rotatable bonds is 5. The molecule has 0 rings (SSSR count). The number of allylic oxidation sites excluding steroid dienone is 2. The maximum atomic E-state index is 5.50. The molecule has 0 aliphatic rings. The highest BCUT2D eigenvalue weighted by atomic mass is 35.5. The molecule has 1 atom stereocenters. The van der Waals surface area contributed by atoms with Crippen LogP contribution in [0.15, 0.2) is 12.2 Å². The minimum Gasteiger partial charge on any atom is -0.126 e. The molecule has 10 heavy (non-hydrogen) atoms. The van der Waals surface area contributed by atoms with Crippen molar-refractivity contribution in [1.29, 1.82) is 0 Å². The van der Waals surface area contributed by atoms with Crippen LogP contribution in [0.5, 0.6) is 0 Å². The lowest BCUT2D eigenvalue weighted by Gasteiger charge is -2.01. The molecule has 0 aliphatic heterocycles. The maximum absolute atomic E-state index is 5.50. The van der Waals surface area contributed by atoms with Crippen LogP contribution < -0.4 is 0 Å². The van der Waals surface area contributed by atoms with Gasteiger partial charge < -0.3 is 0 Å². The van der Waals surface area contributed by atoms with Crippen molar-refractivity contribution in [2.75, 3.05) is 5.88 Å².